The van der Waals surface area contributed by atoms with E-state index in [0.29, 0.717) is 15.6 Å². The third kappa shape index (κ3) is 4.01. The van der Waals surface area contributed by atoms with Crippen LogP contribution in [0.15, 0.2) is 18.2 Å². The van der Waals surface area contributed by atoms with Gasteiger partial charge in [-0.05, 0) is 25.1 Å². The van der Waals surface area contributed by atoms with Gasteiger partial charge in [-0.25, -0.2) is 4.79 Å². The van der Waals surface area contributed by atoms with Gasteiger partial charge in [0.2, 0.25) is 0 Å². The van der Waals surface area contributed by atoms with E-state index in [2.05, 4.69) is 17.2 Å². The summed E-state index contributed by atoms with van der Waals surface area (Å²) in [5, 5.41) is 11.6. The molecule has 0 aliphatic heterocycles. The van der Waals surface area contributed by atoms with Gasteiger partial charge in [0.15, 0.2) is 0 Å². The van der Waals surface area contributed by atoms with Crippen molar-refractivity contribution in [2.75, 3.05) is 0 Å². The summed E-state index contributed by atoms with van der Waals surface area (Å²) >= 11 is 11.5. The first-order valence-electron chi connectivity index (χ1n) is 4.45. The van der Waals surface area contributed by atoms with Crippen molar-refractivity contribution in [2.45, 2.75) is 13.0 Å². The lowest BCUT2D eigenvalue weighted by molar-refractivity contribution is 0.193. The van der Waals surface area contributed by atoms with Gasteiger partial charge in [0.05, 0.1) is 16.1 Å². The van der Waals surface area contributed by atoms with Crippen molar-refractivity contribution in [1.82, 2.24) is 5.32 Å². The fourth-order valence-electron chi connectivity index (χ4n) is 0.987. The Morgan fingerprint density at radius 2 is 2.12 bits per heavy atom. The molecule has 0 bridgehead atoms. The fraction of sp³-hybridized carbons (Fsp3) is 0.182. The van der Waals surface area contributed by atoms with Crippen LogP contribution < -0.4 is 5.32 Å². The van der Waals surface area contributed by atoms with Crippen LogP contribution in [0.5, 0.6) is 0 Å². The summed E-state index contributed by atoms with van der Waals surface area (Å²) in [4.78, 5) is 10.3. The average molecular weight is 258 g/mol. The lowest BCUT2D eigenvalue weighted by Gasteiger charge is -2.01. The van der Waals surface area contributed by atoms with E-state index in [-0.39, 0.29) is 0 Å². The first kappa shape index (κ1) is 12.7. The van der Waals surface area contributed by atoms with Crippen molar-refractivity contribution in [1.29, 1.82) is 0 Å². The van der Waals surface area contributed by atoms with E-state index < -0.39 is 12.1 Å². The molecule has 1 rings (SSSR count). The molecule has 1 unspecified atom stereocenters. The van der Waals surface area contributed by atoms with E-state index in [9.17, 15) is 4.79 Å². The largest absolute Gasteiger partial charge is 0.465 e. The Morgan fingerprint density at radius 1 is 1.44 bits per heavy atom. The van der Waals surface area contributed by atoms with Gasteiger partial charge in [-0.1, -0.05) is 35.0 Å². The van der Waals surface area contributed by atoms with E-state index in [1.165, 1.54) is 0 Å². The zero-order valence-corrected chi connectivity index (χ0v) is 9.93. The predicted molar refractivity (Wildman–Crippen MR) is 64.0 cm³/mol. The molecule has 16 heavy (non-hydrogen) atoms. The monoisotopic (exact) mass is 257 g/mol. The number of rotatable bonds is 1. The minimum atomic E-state index is -1.10. The van der Waals surface area contributed by atoms with Crippen LogP contribution >= 0.6 is 23.2 Å². The van der Waals surface area contributed by atoms with Crippen molar-refractivity contribution in [3.63, 3.8) is 0 Å². The minimum Gasteiger partial charge on any atom is -0.465 e. The van der Waals surface area contributed by atoms with Gasteiger partial charge in [-0.2, -0.15) is 0 Å². The van der Waals surface area contributed by atoms with Crippen molar-refractivity contribution in [3.05, 3.63) is 33.8 Å². The quantitative estimate of drug-likeness (QED) is 0.760. The van der Waals surface area contributed by atoms with Crippen LogP contribution in [0.1, 0.15) is 12.5 Å². The van der Waals surface area contributed by atoms with E-state index in [4.69, 9.17) is 28.3 Å². The zero-order valence-electron chi connectivity index (χ0n) is 8.42. The average Bonchev–Trinajstić information content (AvgIpc) is 2.19. The number of halogens is 2. The second kappa shape index (κ2) is 5.64. The molecule has 3 nitrogen and oxygen atoms in total. The smallest absolute Gasteiger partial charge is 0.405 e. The third-order valence-corrected chi connectivity index (χ3v) is 2.43. The highest BCUT2D eigenvalue weighted by atomic mass is 35.5. The molecular weight excluding hydrogens is 249 g/mol. The van der Waals surface area contributed by atoms with Crippen LogP contribution in [0.25, 0.3) is 0 Å². The molecule has 0 aromatic heterocycles. The normalized spacial score (nSPS) is 11.2. The summed E-state index contributed by atoms with van der Waals surface area (Å²) in [5.74, 6) is 5.53. The maximum absolute atomic E-state index is 10.3. The van der Waals surface area contributed by atoms with Crippen LogP contribution in [-0.4, -0.2) is 17.2 Å². The molecule has 0 aliphatic rings. The highest BCUT2D eigenvalue weighted by Gasteiger charge is 2.00. The molecule has 1 aromatic rings. The number of benzene rings is 1. The lowest BCUT2D eigenvalue weighted by atomic mass is 10.2. The minimum absolute atomic E-state index is 0.423. The summed E-state index contributed by atoms with van der Waals surface area (Å²) in [5.41, 5.74) is 0.688. The molecule has 0 saturated carbocycles. The molecule has 0 radical (unpaired) electrons. The molecular formula is C11H9Cl2NO2. The Labute approximate surface area is 103 Å². The van der Waals surface area contributed by atoms with Gasteiger partial charge < -0.3 is 10.4 Å². The Balaban J connectivity index is 2.76. The van der Waals surface area contributed by atoms with Gasteiger partial charge in [0.25, 0.3) is 0 Å². The number of hydrogen-bond acceptors (Lipinski definition) is 1. The number of hydrogen-bond donors (Lipinski definition) is 2. The number of carbonyl (C=O) groups is 1. The molecule has 1 aromatic carbocycles. The van der Waals surface area contributed by atoms with Gasteiger partial charge >= 0.3 is 6.09 Å². The topological polar surface area (TPSA) is 49.3 Å². The highest BCUT2D eigenvalue weighted by Crippen LogP contribution is 2.21. The zero-order chi connectivity index (χ0) is 12.1. The molecule has 0 saturated heterocycles. The highest BCUT2D eigenvalue weighted by molar-refractivity contribution is 6.42. The SMILES string of the molecule is CC(C#Cc1ccc(Cl)c(Cl)c1)NC(=O)O. The Kier molecular flexibility index (Phi) is 4.48. The van der Waals surface area contributed by atoms with Gasteiger partial charge in [0, 0.05) is 5.56 Å². The summed E-state index contributed by atoms with van der Waals surface area (Å²) in [6, 6.07) is 4.55. The molecule has 0 spiro atoms. The first-order valence-corrected chi connectivity index (χ1v) is 5.20. The van der Waals surface area contributed by atoms with Gasteiger partial charge in [-0.15, -0.1) is 0 Å². The van der Waals surface area contributed by atoms with E-state index in [1.807, 2.05) is 0 Å². The van der Waals surface area contributed by atoms with Crippen molar-refractivity contribution >= 4 is 29.3 Å². The maximum Gasteiger partial charge on any atom is 0.405 e. The summed E-state index contributed by atoms with van der Waals surface area (Å²) in [6.45, 7) is 1.65. The molecule has 1 atom stereocenters. The van der Waals surface area contributed by atoms with E-state index in [0.717, 1.165) is 0 Å². The Hall–Kier alpha value is -1.37. The summed E-state index contributed by atoms with van der Waals surface area (Å²) in [7, 11) is 0. The standard InChI is InChI=1S/C11H9Cl2NO2/c1-7(14-11(15)16)2-3-8-4-5-9(12)10(13)6-8/h4-7,14H,1H3,(H,15,16). The summed E-state index contributed by atoms with van der Waals surface area (Å²) < 4.78 is 0. The molecule has 0 fully saturated rings. The molecule has 0 heterocycles. The second-order valence-corrected chi connectivity index (χ2v) is 3.88. The number of nitrogens with one attached hydrogen (secondary N) is 1. The summed E-state index contributed by atoms with van der Waals surface area (Å²) in [6.07, 6.45) is -1.10. The van der Waals surface area contributed by atoms with Gasteiger partial charge in [-0.3, -0.25) is 0 Å². The maximum atomic E-state index is 10.3. The van der Waals surface area contributed by atoms with Gasteiger partial charge in [0.1, 0.15) is 0 Å². The first-order chi connectivity index (χ1) is 7.49. The molecule has 84 valence electrons. The van der Waals surface area contributed by atoms with Crippen molar-refractivity contribution in [3.8, 4) is 11.8 Å². The third-order valence-electron chi connectivity index (χ3n) is 1.69. The predicted octanol–water partition coefficient (Wildman–Crippen LogP) is 3.00. The number of amides is 1. The van der Waals surface area contributed by atoms with Crippen LogP contribution in [0.4, 0.5) is 4.79 Å². The Morgan fingerprint density at radius 3 is 2.69 bits per heavy atom. The van der Waals surface area contributed by atoms with E-state index in [1.54, 1.807) is 25.1 Å². The van der Waals surface area contributed by atoms with Crippen LogP contribution in [0, 0.1) is 11.8 Å². The van der Waals surface area contributed by atoms with Crippen LogP contribution in [-0.2, 0) is 0 Å². The number of carboxylic acid groups (broad SMARTS) is 1. The van der Waals surface area contributed by atoms with Crippen LogP contribution in [0.3, 0.4) is 0 Å². The fourth-order valence-corrected chi connectivity index (χ4v) is 1.28. The van der Waals surface area contributed by atoms with Crippen LogP contribution in [0.2, 0.25) is 10.0 Å². The Bertz CT molecular complexity index is 463. The lowest BCUT2D eigenvalue weighted by Crippen LogP contribution is -2.29. The molecule has 1 amide bonds. The molecule has 5 heteroatoms. The molecule has 2 N–H and O–H groups in total. The van der Waals surface area contributed by atoms with E-state index >= 15 is 0 Å². The molecule has 0 aliphatic carbocycles. The van der Waals surface area contributed by atoms with Crippen molar-refractivity contribution < 1.29 is 9.90 Å². The second-order valence-electron chi connectivity index (χ2n) is 3.07. The van der Waals surface area contributed by atoms with Crippen molar-refractivity contribution in [2.24, 2.45) is 0 Å².